The van der Waals surface area contributed by atoms with E-state index in [-0.39, 0.29) is 0 Å². The normalized spacial score (nSPS) is 9.93. The molecule has 0 aliphatic carbocycles. The van der Waals surface area contributed by atoms with E-state index in [4.69, 9.17) is 0 Å². The van der Waals surface area contributed by atoms with Crippen LogP contribution in [0.2, 0.25) is 0 Å². The van der Waals surface area contributed by atoms with Gasteiger partial charge in [0.05, 0.1) is 12.2 Å². The maximum atomic E-state index is 4.53. The van der Waals surface area contributed by atoms with Crippen LogP contribution in [0.25, 0.3) is 0 Å². The summed E-state index contributed by atoms with van der Waals surface area (Å²) in [5, 5.41) is 4.10. The molecule has 0 radical (unpaired) electrons. The predicted molar refractivity (Wildman–Crippen MR) is 61.7 cm³/mol. The van der Waals surface area contributed by atoms with Crippen molar-refractivity contribution in [2.45, 2.75) is 6.54 Å². The summed E-state index contributed by atoms with van der Waals surface area (Å²) < 4.78 is 1.84. The first-order valence-electron chi connectivity index (χ1n) is 4.88. The van der Waals surface area contributed by atoms with Crippen molar-refractivity contribution in [3.05, 3.63) is 18.0 Å². The van der Waals surface area contributed by atoms with Gasteiger partial charge in [0.25, 0.3) is 0 Å². The Kier molecular flexibility index (Phi) is 3.71. The number of hydrogen-bond donors (Lipinski definition) is 0. The van der Waals surface area contributed by atoms with E-state index >= 15 is 0 Å². The average Bonchev–Trinajstić information content (AvgIpc) is 2.51. The first kappa shape index (κ1) is 11.6. The van der Waals surface area contributed by atoms with E-state index < -0.39 is 0 Å². The molecular weight excluding hydrogens is 190 g/mol. The fraction of sp³-hybridized carbons (Fsp3) is 0.600. The Morgan fingerprint density at radius 1 is 1.33 bits per heavy atom. The number of aliphatic imine (C=N–C) groups is 1. The summed E-state index contributed by atoms with van der Waals surface area (Å²) in [6.07, 6.45) is 1.79. The molecule has 0 amide bonds. The number of rotatable bonds is 2. The minimum absolute atomic E-state index is 0.655. The zero-order valence-electron chi connectivity index (χ0n) is 10.1. The van der Waals surface area contributed by atoms with Gasteiger partial charge in [-0.05, 0) is 6.07 Å². The summed E-state index contributed by atoms with van der Waals surface area (Å²) in [5.41, 5.74) is 1.11. The molecule has 1 aromatic heterocycles. The third-order valence-corrected chi connectivity index (χ3v) is 2.10. The molecule has 0 aliphatic heterocycles. The number of aryl methyl sites for hydroxylation is 1. The van der Waals surface area contributed by atoms with Crippen LogP contribution in [0.15, 0.2) is 17.3 Å². The van der Waals surface area contributed by atoms with Crippen LogP contribution in [0, 0.1) is 0 Å². The molecule has 0 saturated carbocycles. The van der Waals surface area contributed by atoms with Crippen molar-refractivity contribution >= 4 is 5.96 Å². The van der Waals surface area contributed by atoms with Crippen LogP contribution >= 0.6 is 0 Å². The van der Waals surface area contributed by atoms with E-state index in [0.29, 0.717) is 6.54 Å². The second-order valence-electron chi connectivity index (χ2n) is 3.85. The van der Waals surface area contributed by atoms with Gasteiger partial charge < -0.3 is 9.80 Å². The standard InChI is InChI=1S/C10H19N5/c1-13(2)10(14(3)4)11-8-9-6-7-12-15(9)5/h6-7H,8H2,1-5H3. The Hall–Kier alpha value is -1.52. The van der Waals surface area contributed by atoms with E-state index in [1.807, 2.05) is 55.8 Å². The molecule has 0 spiro atoms. The zero-order valence-corrected chi connectivity index (χ0v) is 10.1. The van der Waals surface area contributed by atoms with Gasteiger partial charge in [-0.15, -0.1) is 0 Å². The van der Waals surface area contributed by atoms with Crippen molar-refractivity contribution in [1.82, 2.24) is 19.6 Å². The fourth-order valence-corrected chi connectivity index (χ4v) is 1.39. The molecule has 5 heteroatoms. The number of aromatic nitrogens is 2. The Labute approximate surface area is 91.0 Å². The van der Waals surface area contributed by atoms with Crippen LogP contribution in [0.4, 0.5) is 0 Å². The van der Waals surface area contributed by atoms with Gasteiger partial charge in [0.2, 0.25) is 0 Å². The molecule has 0 N–H and O–H groups in total. The SMILES string of the molecule is CN(C)C(=NCc1ccnn1C)N(C)C. The van der Waals surface area contributed by atoms with Gasteiger partial charge in [-0.3, -0.25) is 4.68 Å². The van der Waals surface area contributed by atoms with Crippen molar-refractivity contribution in [3.8, 4) is 0 Å². The van der Waals surface area contributed by atoms with E-state index in [9.17, 15) is 0 Å². The maximum Gasteiger partial charge on any atom is 0.195 e. The molecule has 15 heavy (non-hydrogen) atoms. The van der Waals surface area contributed by atoms with Crippen LogP contribution in [-0.4, -0.2) is 53.7 Å². The van der Waals surface area contributed by atoms with Gasteiger partial charge in [0.1, 0.15) is 0 Å². The third kappa shape index (κ3) is 2.97. The fourth-order valence-electron chi connectivity index (χ4n) is 1.39. The lowest BCUT2D eigenvalue weighted by Gasteiger charge is -2.22. The van der Waals surface area contributed by atoms with Crippen LogP contribution in [0.3, 0.4) is 0 Å². The van der Waals surface area contributed by atoms with Crippen molar-refractivity contribution in [2.75, 3.05) is 28.2 Å². The van der Waals surface area contributed by atoms with E-state index in [1.54, 1.807) is 6.20 Å². The minimum Gasteiger partial charge on any atom is -0.349 e. The van der Waals surface area contributed by atoms with E-state index in [1.165, 1.54) is 0 Å². The van der Waals surface area contributed by atoms with Gasteiger partial charge in [-0.2, -0.15) is 5.10 Å². The van der Waals surface area contributed by atoms with Crippen molar-refractivity contribution in [2.24, 2.45) is 12.0 Å². The van der Waals surface area contributed by atoms with Crippen molar-refractivity contribution in [3.63, 3.8) is 0 Å². The van der Waals surface area contributed by atoms with Gasteiger partial charge in [-0.1, -0.05) is 0 Å². The third-order valence-electron chi connectivity index (χ3n) is 2.10. The highest BCUT2D eigenvalue weighted by molar-refractivity contribution is 5.79. The highest BCUT2D eigenvalue weighted by atomic mass is 15.3. The molecule has 0 aromatic carbocycles. The Balaban J connectivity index is 2.74. The molecule has 0 saturated heterocycles. The van der Waals surface area contributed by atoms with Crippen LogP contribution in [0.1, 0.15) is 5.69 Å². The number of hydrogen-bond acceptors (Lipinski definition) is 2. The number of guanidine groups is 1. The molecule has 1 aromatic rings. The summed E-state index contributed by atoms with van der Waals surface area (Å²) in [6.45, 7) is 0.655. The maximum absolute atomic E-state index is 4.53. The topological polar surface area (TPSA) is 36.7 Å². The van der Waals surface area contributed by atoms with Gasteiger partial charge in [0, 0.05) is 41.4 Å². The number of nitrogens with zero attached hydrogens (tertiary/aromatic N) is 5. The molecule has 5 nitrogen and oxygen atoms in total. The Morgan fingerprint density at radius 2 is 1.93 bits per heavy atom. The molecule has 0 bridgehead atoms. The molecule has 0 unspecified atom stereocenters. The van der Waals surface area contributed by atoms with Gasteiger partial charge >= 0.3 is 0 Å². The van der Waals surface area contributed by atoms with Gasteiger partial charge in [0.15, 0.2) is 5.96 Å². The lowest BCUT2D eigenvalue weighted by atomic mass is 10.4. The minimum atomic E-state index is 0.655. The molecular formula is C10H19N5. The molecule has 0 atom stereocenters. The molecule has 1 rings (SSSR count). The first-order valence-corrected chi connectivity index (χ1v) is 4.88. The Morgan fingerprint density at radius 3 is 2.33 bits per heavy atom. The first-order chi connectivity index (χ1) is 7.02. The lowest BCUT2D eigenvalue weighted by Crippen LogP contribution is -2.35. The quantitative estimate of drug-likeness (QED) is 0.522. The highest BCUT2D eigenvalue weighted by Crippen LogP contribution is 2.00. The lowest BCUT2D eigenvalue weighted by molar-refractivity contribution is 0.478. The van der Waals surface area contributed by atoms with Crippen molar-refractivity contribution in [1.29, 1.82) is 0 Å². The average molecular weight is 209 g/mol. The van der Waals surface area contributed by atoms with Gasteiger partial charge in [-0.25, -0.2) is 4.99 Å². The zero-order chi connectivity index (χ0) is 11.4. The summed E-state index contributed by atoms with van der Waals surface area (Å²) in [4.78, 5) is 8.53. The summed E-state index contributed by atoms with van der Waals surface area (Å²) in [6, 6.07) is 1.98. The monoisotopic (exact) mass is 209 g/mol. The van der Waals surface area contributed by atoms with Crippen molar-refractivity contribution < 1.29 is 0 Å². The summed E-state index contributed by atoms with van der Waals surface area (Å²) in [7, 11) is 9.88. The summed E-state index contributed by atoms with van der Waals surface area (Å²) >= 11 is 0. The van der Waals surface area contributed by atoms with Crippen LogP contribution in [-0.2, 0) is 13.6 Å². The smallest absolute Gasteiger partial charge is 0.195 e. The molecule has 0 fully saturated rings. The largest absolute Gasteiger partial charge is 0.349 e. The molecule has 84 valence electrons. The molecule has 0 aliphatic rings. The second kappa shape index (κ2) is 4.82. The Bertz CT molecular complexity index is 327. The van der Waals surface area contributed by atoms with Crippen LogP contribution < -0.4 is 0 Å². The highest BCUT2D eigenvalue weighted by Gasteiger charge is 2.04. The predicted octanol–water partition coefficient (Wildman–Crippen LogP) is 0.399. The van der Waals surface area contributed by atoms with E-state index in [0.717, 1.165) is 11.7 Å². The van der Waals surface area contributed by atoms with Crippen LogP contribution in [0.5, 0.6) is 0 Å². The second-order valence-corrected chi connectivity index (χ2v) is 3.85. The van der Waals surface area contributed by atoms with E-state index in [2.05, 4.69) is 10.1 Å². The molecule has 1 heterocycles. The summed E-state index contributed by atoms with van der Waals surface area (Å²) in [5.74, 6) is 0.955.